The van der Waals surface area contributed by atoms with Gasteiger partial charge in [0, 0.05) is 32.7 Å². The van der Waals surface area contributed by atoms with E-state index in [9.17, 15) is 4.79 Å². The number of carbonyl (C=O) groups is 1. The molecule has 7 nitrogen and oxygen atoms in total. The minimum atomic E-state index is 0. The number of halogens is 1. The summed E-state index contributed by atoms with van der Waals surface area (Å²) in [5.74, 6) is 2.14. The summed E-state index contributed by atoms with van der Waals surface area (Å²) in [6, 6.07) is 13.5. The number of hydrogen-bond donors (Lipinski definition) is 2. The molecular weight excluding hydrogens is 507 g/mol. The van der Waals surface area contributed by atoms with Crippen LogP contribution in [-0.2, 0) is 13.0 Å². The lowest BCUT2D eigenvalue weighted by Crippen LogP contribution is -2.38. The number of amides is 1. The van der Waals surface area contributed by atoms with E-state index < -0.39 is 0 Å². The molecule has 0 spiro atoms. The van der Waals surface area contributed by atoms with Crippen molar-refractivity contribution >= 4 is 35.8 Å². The van der Waals surface area contributed by atoms with Crippen LogP contribution in [0.5, 0.6) is 11.5 Å². The van der Waals surface area contributed by atoms with Gasteiger partial charge in [-0.05, 0) is 48.7 Å². The smallest absolute Gasteiger partial charge is 0.253 e. The highest BCUT2D eigenvalue weighted by Gasteiger charge is 2.08. The van der Waals surface area contributed by atoms with E-state index in [1.54, 1.807) is 33.2 Å². The maximum absolute atomic E-state index is 12.1. The molecule has 0 aliphatic carbocycles. The largest absolute Gasteiger partial charge is 0.493 e. The minimum Gasteiger partial charge on any atom is -0.493 e. The molecule has 0 unspecified atom stereocenters. The van der Waals surface area contributed by atoms with Crippen LogP contribution in [0.1, 0.15) is 28.4 Å². The second-order valence-corrected chi connectivity index (χ2v) is 6.96. The molecular formula is C23H33IN4O3. The van der Waals surface area contributed by atoms with Crippen molar-refractivity contribution in [2.45, 2.75) is 19.9 Å². The summed E-state index contributed by atoms with van der Waals surface area (Å²) in [4.78, 5) is 18.4. The van der Waals surface area contributed by atoms with Crippen LogP contribution in [-0.4, -0.2) is 58.2 Å². The number of ether oxygens (including phenoxy) is 2. The van der Waals surface area contributed by atoms with E-state index in [1.165, 1.54) is 0 Å². The summed E-state index contributed by atoms with van der Waals surface area (Å²) in [5, 5.41) is 6.61. The van der Waals surface area contributed by atoms with Crippen LogP contribution in [0.25, 0.3) is 0 Å². The highest BCUT2D eigenvalue weighted by molar-refractivity contribution is 14.0. The number of hydrogen-bond acceptors (Lipinski definition) is 4. The van der Waals surface area contributed by atoms with Crippen molar-refractivity contribution in [3.8, 4) is 11.5 Å². The summed E-state index contributed by atoms with van der Waals surface area (Å²) in [7, 11) is 6.76. The van der Waals surface area contributed by atoms with Crippen molar-refractivity contribution in [1.29, 1.82) is 0 Å². The first-order valence-electron chi connectivity index (χ1n) is 10.0. The average Bonchev–Trinajstić information content (AvgIpc) is 2.76. The summed E-state index contributed by atoms with van der Waals surface area (Å²) in [6.45, 7) is 4.02. The first kappa shape index (κ1) is 26.5. The lowest BCUT2D eigenvalue weighted by Gasteiger charge is -2.13. The van der Waals surface area contributed by atoms with Gasteiger partial charge < -0.3 is 25.0 Å². The Bertz CT molecular complexity index is 872. The third-order valence-corrected chi connectivity index (χ3v) is 4.50. The SMILES string of the molecule is CCNC(=NCc1ccc(OC)c(OC)c1)NCCc1cccc(C(=O)N(C)C)c1.I. The number of aliphatic imine (C=N–C) groups is 1. The Balaban J connectivity index is 0.00000480. The predicted octanol–water partition coefficient (Wildman–Crippen LogP) is 3.32. The van der Waals surface area contributed by atoms with E-state index in [2.05, 4.69) is 15.6 Å². The van der Waals surface area contributed by atoms with Crippen LogP contribution in [0.2, 0.25) is 0 Å². The van der Waals surface area contributed by atoms with Gasteiger partial charge in [-0.3, -0.25) is 4.79 Å². The second-order valence-electron chi connectivity index (χ2n) is 6.96. The van der Waals surface area contributed by atoms with Crippen molar-refractivity contribution in [1.82, 2.24) is 15.5 Å². The van der Waals surface area contributed by atoms with Gasteiger partial charge in [0.25, 0.3) is 5.91 Å². The molecule has 0 radical (unpaired) electrons. The van der Waals surface area contributed by atoms with Crippen molar-refractivity contribution in [2.75, 3.05) is 41.4 Å². The molecule has 2 aromatic carbocycles. The van der Waals surface area contributed by atoms with Gasteiger partial charge >= 0.3 is 0 Å². The van der Waals surface area contributed by atoms with Crippen LogP contribution >= 0.6 is 24.0 Å². The fraction of sp³-hybridized carbons (Fsp3) is 0.391. The number of guanidine groups is 1. The molecule has 0 heterocycles. The Labute approximate surface area is 202 Å². The van der Waals surface area contributed by atoms with Crippen molar-refractivity contribution < 1.29 is 14.3 Å². The molecule has 0 bridgehead atoms. The van der Waals surface area contributed by atoms with Gasteiger partial charge in [-0.2, -0.15) is 0 Å². The van der Waals surface area contributed by atoms with Gasteiger partial charge in [0.15, 0.2) is 17.5 Å². The van der Waals surface area contributed by atoms with Crippen molar-refractivity contribution in [3.63, 3.8) is 0 Å². The van der Waals surface area contributed by atoms with E-state index in [4.69, 9.17) is 9.47 Å². The Morgan fingerprint density at radius 2 is 1.74 bits per heavy atom. The molecule has 0 aliphatic heterocycles. The minimum absolute atomic E-state index is 0. The van der Waals surface area contributed by atoms with Crippen molar-refractivity contribution in [3.05, 3.63) is 59.2 Å². The molecule has 0 saturated carbocycles. The maximum atomic E-state index is 12.1. The monoisotopic (exact) mass is 540 g/mol. The van der Waals surface area contributed by atoms with Crippen LogP contribution in [0.3, 0.4) is 0 Å². The first-order chi connectivity index (χ1) is 14.5. The third kappa shape index (κ3) is 8.28. The van der Waals surface area contributed by atoms with Gasteiger partial charge in [0.1, 0.15) is 0 Å². The van der Waals surface area contributed by atoms with Gasteiger partial charge in [0.05, 0.1) is 20.8 Å². The van der Waals surface area contributed by atoms with E-state index in [0.717, 1.165) is 30.1 Å². The van der Waals surface area contributed by atoms with Crippen LogP contribution in [0, 0.1) is 0 Å². The van der Waals surface area contributed by atoms with Gasteiger partial charge in [-0.15, -0.1) is 24.0 Å². The fourth-order valence-corrected chi connectivity index (χ4v) is 2.93. The fourth-order valence-electron chi connectivity index (χ4n) is 2.93. The standard InChI is InChI=1S/C23H32N4O3.HI/c1-6-24-23(26-16-18-10-11-20(29-4)21(15-18)30-5)25-13-12-17-8-7-9-19(14-17)22(28)27(2)3;/h7-11,14-15H,6,12-13,16H2,1-5H3,(H2,24,25,26);1H. The first-order valence-corrected chi connectivity index (χ1v) is 10.0. The zero-order chi connectivity index (χ0) is 21.9. The molecule has 0 aromatic heterocycles. The Morgan fingerprint density at radius 1 is 1.00 bits per heavy atom. The maximum Gasteiger partial charge on any atom is 0.253 e. The van der Waals surface area contributed by atoms with Gasteiger partial charge in [-0.1, -0.05) is 18.2 Å². The Hall–Kier alpha value is -2.49. The molecule has 1 amide bonds. The lowest BCUT2D eigenvalue weighted by atomic mass is 10.1. The summed E-state index contributed by atoms with van der Waals surface area (Å²) in [5.41, 5.74) is 2.83. The molecule has 8 heteroatoms. The molecule has 0 saturated heterocycles. The molecule has 0 fully saturated rings. The van der Waals surface area contributed by atoms with Crippen molar-refractivity contribution in [2.24, 2.45) is 4.99 Å². The van der Waals surface area contributed by atoms with E-state index >= 15 is 0 Å². The number of nitrogens with zero attached hydrogens (tertiary/aromatic N) is 2. The molecule has 31 heavy (non-hydrogen) atoms. The zero-order valence-corrected chi connectivity index (χ0v) is 21.2. The lowest BCUT2D eigenvalue weighted by molar-refractivity contribution is 0.0827. The third-order valence-electron chi connectivity index (χ3n) is 4.50. The number of benzene rings is 2. The van der Waals surface area contributed by atoms with E-state index in [-0.39, 0.29) is 29.9 Å². The normalized spacial score (nSPS) is 10.7. The highest BCUT2D eigenvalue weighted by Crippen LogP contribution is 2.27. The Morgan fingerprint density at radius 3 is 2.39 bits per heavy atom. The number of nitrogens with one attached hydrogen (secondary N) is 2. The number of carbonyl (C=O) groups excluding carboxylic acids is 1. The van der Waals surface area contributed by atoms with E-state index in [1.807, 2.05) is 49.4 Å². The number of methoxy groups -OCH3 is 2. The predicted molar refractivity (Wildman–Crippen MR) is 136 cm³/mol. The molecule has 0 atom stereocenters. The zero-order valence-electron chi connectivity index (χ0n) is 18.9. The average molecular weight is 540 g/mol. The molecule has 2 N–H and O–H groups in total. The molecule has 0 aliphatic rings. The summed E-state index contributed by atoms with van der Waals surface area (Å²) in [6.07, 6.45) is 0.787. The Kier molecular flexibility index (Phi) is 11.8. The number of rotatable bonds is 9. The molecule has 170 valence electrons. The molecule has 2 aromatic rings. The van der Waals surface area contributed by atoms with E-state index in [0.29, 0.717) is 30.2 Å². The van der Waals surface area contributed by atoms with Crippen LogP contribution < -0.4 is 20.1 Å². The van der Waals surface area contributed by atoms with Crippen LogP contribution in [0.4, 0.5) is 0 Å². The second kappa shape index (κ2) is 13.7. The summed E-state index contributed by atoms with van der Waals surface area (Å²) < 4.78 is 10.6. The quantitative estimate of drug-likeness (QED) is 0.290. The summed E-state index contributed by atoms with van der Waals surface area (Å²) >= 11 is 0. The van der Waals surface area contributed by atoms with Gasteiger partial charge in [-0.25, -0.2) is 4.99 Å². The topological polar surface area (TPSA) is 75.2 Å². The molecule has 2 rings (SSSR count). The van der Waals surface area contributed by atoms with Crippen LogP contribution in [0.15, 0.2) is 47.5 Å². The highest BCUT2D eigenvalue weighted by atomic mass is 127. The van der Waals surface area contributed by atoms with Gasteiger partial charge in [0.2, 0.25) is 0 Å².